The van der Waals surface area contributed by atoms with Crippen LogP contribution in [0.25, 0.3) is 0 Å². The molecule has 17 heavy (non-hydrogen) atoms. The van der Waals surface area contributed by atoms with Gasteiger partial charge in [-0.3, -0.25) is 0 Å². The lowest BCUT2D eigenvalue weighted by atomic mass is 9.71. The third-order valence-electron chi connectivity index (χ3n) is 3.70. The molecule has 94 valence electrons. The number of hydrogen-bond acceptors (Lipinski definition) is 2. The van der Waals surface area contributed by atoms with E-state index in [4.69, 9.17) is 16.3 Å². The summed E-state index contributed by atoms with van der Waals surface area (Å²) in [5.74, 6) is 1.84. The monoisotopic (exact) mass is 270 g/mol. The largest absolute Gasteiger partial charge is 0.493 e. The van der Waals surface area contributed by atoms with E-state index in [2.05, 4.69) is 12.6 Å². The van der Waals surface area contributed by atoms with Crippen molar-refractivity contribution in [3.8, 4) is 5.75 Å². The summed E-state index contributed by atoms with van der Waals surface area (Å²) in [7, 11) is 0. The second-order valence-corrected chi connectivity index (χ2v) is 5.87. The van der Waals surface area contributed by atoms with E-state index in [1.54, 1.807) is 0 Å². The number of aryl methyl sites for hydroxylation is 2. The Labute approximate surface area is 114 Å². The summed E-state index contributed by atoms with van der Waals surface area (Å²) in [5.41, 5.74) is 2.47. The molecule has 0 saturated heterocycles. The van der Waals surface area contributed by atoms with Crippen molar-refractivity contribution < 1.29 is 4.74 Å². The highest BCUT2D eigenvalue weighted by atomic mass is 35.5. The van der Waals surface area contributed by atoms with Crippen LogP contribution >= 0.6 is 24.2 Å². The summed E-state index contributed by atoms with van der Waals surface area (Å²) < 4.78 is 5.91. The Morgan fingerprint density at radius 2 is 1.88 bits per heavy atom. The number of halogens is 1. The zero-order chi connectivity index (χ0) is 12.5. The van der Waals surface area contributed by atoms with Crippen molar-refractivity contribution in [3.63, 3.8) is 0 Å². The molecule has 0 amide bonds. The van der Waals surface area contributed by atoms with Gasteiger partial charge in [0.1, 0.15) is 5.75 Å². The first-order valence-corrected chi connectivity index (χ1v) is 7.08. The fraction of sp³-hybridized carbons (Fsp3) is 0.571. The molecule has 1 aromatic rings. The standard InChI is InChI=1S/C14H19ClOS/c1-10-6-12(7-11(2)13(10)15)16-8-14(9-17)4-3-5-14/h6-7,17H,3-5,8-9H2,1-2H3. The molecule has 0 aromatic heterocycles. The van der Waals surface area contributed by atoms with Crippen LogP contribution in [0.15, 0.2) is 12.1 Å². The SMILES string of the molecule is Cc1cc(OCC2(CS)CCC2)cc(C)c1Cl. The summed E-state index contributed by atoms with van der Waals surface area (Å²) in [4.78, 5) is 0. The van der Waals surface area contributed by atoms with Crippen molar-refractivity contribution in [2.45, 2.75) is 33.1 Å². The molecular formula is C14H19ClOS. The van der Waals surface area contributed by atoms with Crippen molar-refractivity contribution in [1.29, 1.82) is 0 Å². The molecule has 0 atom stereocenters. The van der Waals surface area contributed by atoms with Crippen molar-refractivity contribution in [2.24, 2.45) is 5.41 Å². The maximum Gasteiger partial charge on any atom is 0.119 e. The second kappa shape index (κ2) is 5.11. The van der Waals surface area contributed by atoms with Crippen LogP contribution in [-0.2, 0) is 0 Å². The lowest BCUT2D eigenvalue weighted by molar-refractivity contribution is 0.0829. The average Bonchev–Trinajstić information content (AvgIpc) is 2.25. The Morgan fingerprint density at radius 1 is 1.29 bits per heavy atom. The van der Waals surface area contributed by atoms with Gasteiger partial charge in [0.05, 0.1) is 6.61 Å². The normalized spacial score (nSPS) is 17.6. The van der Waals surface area contributed by atoms with Gasteiger partial charge in [-0.05, 0) is 55.7 Å². The fourth-order valence-electron chi connectivity index (χ4n) is 2.25. The van der Waals surface area contributed by atoms with E-state index < -0.39 is 0 Å². The summed E-state index contributed by atoms with van der Waals surface area (Å²) in [6, 6.07) is 4.03. The first-order chi connectivity index (χ1) is 8.06. The molecule has 0 radical (unpaired) electrons. The van der Waals surface area contributed by atoms with Crippen molar-refractivity contribution in [2.75, 3.05) is 12.4 Å². The number of rotatable bonds is 4. The fourth-order valence-corrected chi connectivity index (χ4v) is 2.77. The average molecular weight is 271 g/mol. The molecule has 1 aliphatic carbocycles. The van der Waals surface area contributed by atoms with Gasteiger partial charge >= 0.3 is 0 Å². The molecular weight excluding hydrogens is 252 g/mol. The lowest BCUT2D eigenvalue weighted by Crippen LogP contribution is -2.37. The third-order valence-corrected chi connectivity index (χ3v) is 4.97. The molecule has 0 spiro atoms. The van der Waals surface area contributed by atoms with Crippen LogP contribution in [-0.4, -0.2) is 12.4 Å². The molecule has 0 aliphatic heterocycles. The molecule has 0 N–H and O–H groups in total. The molecule has 0 unspecified atom stereocenters. The minimum atomic E-state index is 0.310. The smallest absolute Gasteiger partial charge is 0.119 e. The predicted molar refractivity (Wildman–Crippen MR) is 76.6 cm³/mol. The van der Waals surface area contributed by atoms with Gasteiger partial charge < -0.3 is 4.74 Å². The van der Waals surface area contributed by atoms with E-state index in [1.165, 1.54) is 19.3 Å². The summed E-state index contributed by atoms with van der Waals surface area (Å²) in [6.45, 7) is 4.80. The Balaban J connectivity index is 2.04. The maximum atomic E-state index is 6.14. The van der Waals surface area contributed by atoms with Crippen molar-refractivity contribution in [1.82, 2.24) is 0 Å². The summed E-state index contributed by atoms with van der Waals surface area (Å²) in [5, 5.41) is 0.838. The van der Waals surface area contributed by atoms with Crippen LogP contribution in [0.4, 0.5) is 0 Å². The van der Waals surface area contributed by atoms with Crippen LogP contribution in [0.3, 0.4) is 0 Å². The first-order valence-electron chi connectivity index (χ1n) is 6.07. The van der Waals surface area contributed by atoms with E-state index in [0.29, 0.717) is 5.41 Å². The van der Waals surface area contributed by atoms with Gasteiger partial charge in [-0.2, -0.15) is 12.6 Å². The van der Waals surface area contributed by atoms with Gasteiger partial charge in [0, 0.05) is 10.4 Å². The second-order valence-electron chi connectivity index (χ2n) is 5.17. The van der Waals surface area contributed by atoms with Crippen molar-refractivity contribution >= 4 is 24.2 Å². The topological polar surface area (TPSA) is 9.23 Å². The number of hydrogen-bond donors (Lipinski definition) is 1. The lowest BCUT2D eigenvalue weighted by Gasteiger charge is -2.40. The Hall–Kier alpha value is -0.340. The Bertz CT molecular complexity index is 384. The van der Waals surface area contributed by atoms with Gasteiger partial charge in [-0.1, -0.05) is 18.0 Å². The van der Waals surface area contributed by atoms with Gasteiger partial charge in [0.2, 0.25) is 0 Å². The van der Waals surface area contributed by atoms with Gasteiger partial charge in [-0.25, -0.2) is 0 Å². The molecule has 1 saturated carbocycles. The highest BCUT2D eigenvalue weighted by molar-refractivity contribution is 7.80. The number of ether oxygens (including phenoxy) is 1. The van der Waals surface area contributed by atoms with E-state index in [-0.39, 0.29) is 0 Å². The van der Waals surface area contributed by atoms with Crippen LogP contribution < -0.4 is 4.74 Å². The molecule has 0 heterocycles. The van der Waals surface area contributed by atoms with E-state index >= 15 is 0 Å². The molecule has 1 nitrogen and oxygen atoms in total. The third kappa shape index (κ3) is 2.74. The molecule has 1 aromatic carbocycles. The Kier molecular flexibility index (Phi) is 3.94. The van der Waals surface area contributed by atoms with Gasteiger partial charge in [-0.15, -0.1) is 0 Å². The van der Waals surface area contributed by atoms with Crippen LogP contribution in [0.2, 0.25) is 5.02 Å². The van der Waals surface area contributed by atoms with E-state index in [0.717, 1.165) is 34.3 Å². The number of benzene rings is 1. The van der Waals surface area contributed by atoms with Crippen molar-refractivity contribution in [3.05, 3.63) is 28.3 Å². The summed E-state index contributed by atoms with van der Waals surface area (Å²) in [6.07, 6.45) is 3.78. The van der Waals surface area contributed by atoms with Crippen LogP contribution in [0.5, 0.6) is 5.75 Å². The van der Waals surface area contributed by atoms with Crippen LogP contribution in [0, 0.1) is 19.3 Å². The van der Waals surface area contributed by atoms with E-state index in [9.17, 15) is 0 Å². The minimum absolute atomic E-state index is 0.310. The zero-order valence-electron chi connectivity index (χ0n) is 10.4. The Morgan fingerprint density at radius 3 is 2.29 bits per heavy atom. The summed E-state index contributed by atoms with van der Waals surface area (Å²) >= 11 is 10.6. The maximum absolute atomic E-state index is 6.14. The van der Waals surface area contributed by atoms with Gasteiger partial charge in [0.25, 0.3) is 0 Å². The zero-order valence-corrected chi connectivity index (χ0v) is 12.1. The molecule has 0 bridgehead atoms. The highest BCUT2D eigenvalue weighted by Gasteiger charge is 2.36. The van der Waals surface area contributed by atoms with Gasteiger partial charge in [0.15, 0.2) is 0 Å². The predicted octanol–water partition coefficient (Wildman–Crippen LogP) is 4.44. The quantitative estimate of drug-likeness (QED) is 0.796. The van der Waals surface area contributed by atoms with Crippen LogP contribution in [0.1, 0.15) is 30.4 Å². The molecule has 1 aliphatic rings. The number of thiol groups is 1. The first kappa shape index (κ1) is 13.1. The minimum Gasteiger partial charge on any atom is -0.493 e. The molecule has 1 fully saturated rings. The molecule has 2 rings (SSSR count). The highest BCUT2D eigenvalue weighted by Crippen LogP contribution is 2.42. The van der Waals surface area contributed by atoms with E-state index in [1.807, 2.05) is 26.0 Å². The molecule has 3 heteroatoms.